The fourth-order valence-corrected chi connectivity index (χ4v) is 2.70. The number of aryl methyl sites for hydroxylation is 2. The van der Waals surface area contributed by atoms with Crippen LogP contribution < -0.4 is 4.57 Å². The van der Waals surface area contributed by atoms with Crippen molar-refractivity contribution in [3.05, 3.63) is 30.1 Å². The first-order valence-corrected chi connectivity index (χ1v) is 6.38. The van der Waals surface area contributed by atoms with Crippen molar-refractivity contribution in [1.82, 2.24) is 9.58 Å². The van der Waals surface area contributed by atoms with Crippen LogP contribution in [0.15, 0.2) is 34.6 Å². The van der Waals surface area contributed by atoms with E-state index in [1.807, 2.05) is 12.1 Å². The SMILES string of the molecule is CN=NN(C)C(C)(C)c1n(C)c2ccccc2[n+]1C. The van der Waals surface area contributed by atoms with Gasteiger partial charge in [0.2, 0.25) is 0 Å². The van der Waals surface area contributed by atoms with Gasteiger partial charge in [-0.05, 0) is 26.0 Å². The minimum atomic E-state index is -0.248. The standard InChI is InChI=1S/C14H22N5/c1-14(2,19(6)16-15-3)13-17(4)11-9-7-8-10-12(11)18(13)5/h7-10H,1-6H3/q+1. The highest BCUT2D eigenvalue weighted by atomic mass is 15.6. The van der Waals surface area contributed by atoms with Crippen molar-refractivity contribution in [2.45, 2.75) is 19.4 Å². The van der Waals surface area contributed by atoms with Gasteiger partial charge in [0.15, 0.2) is 16.6 Å². The number of fused-ring (bicyclic) bond motifs is 1. The average molecular weight is 260 g/mol. The van der Waals surface area contributed by atoms with Crippen LogP contribution in [0.1, 0.15) is 19.7 Å². The van der Waals surface area contributed by atoms with Crippen molar-refractivity contribution >= 4 is 11.0 Å². The molecule has 0 unspecified atom stereocenters. The molecule has 102 valence electrons. The van der Waals surface area contributed by atoms with Crippen molar-refractivity contribution in [3.8, 4) is 0 Å². The lowest BCUT2D eigenvalue weighted by Gasteiger charge is -2.28. The fraction of sp³-hybridized carbons (Fsp3) is 0.500. The molecule has 0 spiro atoms. The van der Waals surface area contributed by atoms with Gasteiger partial charge in [-0.3, -0.25) is 5.01 Å². The Morgan fingerprint density at radius 3 is 2.47 bits per heavy atom. The molecule has 0 aliphatic rings. The molecule has 0 saturated carbocycles. The first-order valence-electron chi connectivity index (χ1n) is 6.38. The van der Waals surface area contributed by atoms with E-state index in [0.717, 1.165) is 0 Å². The van der Waals surface area contributed by atoms with Crippen molar-refractivity contribution in [2.75, 3.05) is 14.1 Å². The molecule has 0 aliphatic heterocycles. The van der Waals surface area contributed by atoms with Gasteiger partial charge in [-0.1, -0.05) is 17.4 Å². The van der Waals surface area contributed by atoms with Gasteiger partial charge in [0, 0.05) is 7.05 Å². The van der Waals surface area contributed by atoms with Gasteiger partial charge in [0.05, 0.1) is 21.1 Å². The minimum absolute atomic E-state index is 0.248. The van der Waals surface area contributed by atoms with Crippen molar-refractivity contribution in [1.29, 1.82) is 0 Å². The number of nitrogens with zero attached hydrogens (tertiary/aromatic N) is 5. The van der Waals surface area contributed by atoms with Crippen molar-refractivity contribution in [3.63, 3.8) is 0 Å². The highest BCUT2D eigenvalue weighted by Gasteiger charge is 2.38. The molecular weight excluding hydrogens is 238 g/mol. The van der Waals surface area contributed by atoms with Crippen LogP contribution >= 0.6 is 0 Å². The third-order valence-electron chi connectivity index (χ3n) is 3.82. The van der Waals surface area contributed by atoms with Gasteiger partial charge in [-0.15, -0.1) is 0 Å². The minimum Gasteiger partial charge on any atom is -0.264 e. The van der Waals surface area contributed by atoms with E-state index in [1.165, 1.54) is 16.9 Å². The van der Waals surface area contributed by atoms with Gasteiger partial charge in [0.25, 0.3) is 5.82 Å². The van der Waals surface area contributed by atoms with E-state index in [1.54, 1.807) is 7.05 Å². The molecule has 5 nitrogen and oxygen atoms in total. The van der Waals surface area contributed by atoms with Crippen LogP contribution in [0, 0.1) is 0 Å². The van der Waals surface area contributed by atoms with Crippen LogP contribution in [0.2, 0.25) is 0 Å². The number of benzene rings is 1. The zero-order chi connectivity index (χ0) is 14.2. The van der Waals surface area contributed by atoms with Crippen molar-refractivity contribution < 1.29 is 4.57 Å². The van der Waals surface area contributed by atoms with E-state index in [-0.39, 0.29) is 5.54 Å². The van der Waals surface area contributed by atoms with Crippen LogP contribution in [0.5, 0.6) is 0 Å². The smallest absolute Gasteiger partial charge is 0.264 e. The number of hydrogen-bond donors (Lipinski definition) is 0. The molecule has 2 aromatic rings. The number of imidazole rings is 1. The molecule has 0 saturated heterocycles. The lowest BCUT2D eigenvalue weighted by Crippen LogP contribution is -2.47. The molecule has 0 radical (unpaired) electrons. The highest BCUT2D eigenvalue weighted by Crippen LogP contribution is 2.27. The summed E-state index contributed by atoms with van der Waals surface area (Å²) in [5, 5.41) is 9.92. The van der Waals surface area contributed by atoms with Crippen LogP contribution in [-0.2, 0) is 19.6 Å². The third kappa shape index (κ3) is 1.99. The predicted octanol–water partition coefficient (Wildman–Crippen LogP) is 2.17. The molecule has 1 heterocycles. The van der Waals surface area contributed by atoms with E-state index in [0.29, 0.717) is 0 Å². The summed E-state index contributed by atoms with van der Waals surface area (Å²) in [6.45, 7) is 4.30. The predicted molar refractivity (Wildman–Crippen MR) is 75.7 cm³/mol. The second-order valence-electron chi connectivity index (χ2n) is 5.30. The largest absolute Gasteiger partial charge is 0.284 e. The van der Waals surface area contributed by atoms with E-state index >= 15 is 0 Å². The normalized spacial score (nSPS) is 12.5. The van der Waals surface area contributed by atoms with E-state index in [2.05, 4.69) is 71.7 Å². The Bertz CT molecular complexity index is 585. The molecule has 0 atom stereocenters. The molecule has 0 aliphatic carbocycles. The topological polar surface area (TPSA) is 36.8 Å². The molecule has 2 rings (SSSR count). The summed E-state index contributed by atoms with van der Waals surface area (Å²) in [6.07, 6.45) is 0. The van der Waals surface area contributed by atoms with Crippen molar-refractivity contribution in [2.24, 2.45) is 24.4 Å². The molecule has 0 amide bonds. The van der Waals surface area contributed by atoms with Gasteiger partial charge < -0.3 is 0 Å². The molecule has 19 heavy (non-hydrogen) atoms. The van der Waals surface area contributed by atoms with Gasteiger partial charge in [-0.25, -0.2) is 9.13 Å². The zero-order valence-electron chi connectivity index (χ0n) is 12.5. The number of rotatable bonds is 3. The second-order valence-corrected chi connectivity index (χ2v) is 5.30. The van der Waals surface area contributed by atoms with E-state index in [9.17, 15) is 0 Å². The molecule has 5 heteroatoms. The number of aromatic nitrogens is 2. The van der Waals surface area contributed by atoms with E-state index < -0.39 is 0 Å². The second kappa shape index (κ2) is 4.64. The van der Waals surface area contributed by atoms with Gasteiger partial charge in [-0.2, -0.15) is 5.11 Å². The Morgan fingerprint density at radius 2 is 1.89 bits per heavy atom. The zero-order valence-corrected chi connectivity index (χ0v) is 12.5. The van der Waals surface area contributed by atoms with E-state index in [4.69, 9.17) is 0 Å². The molecule has 1 aromatic carbocycles. The lowest BCUT2D eigenvalue weighted by molar-refractivity contribution is -0.659. The van der Waals surface area contributed by atoms with Gasteiger partial charge in [0.1, 0.15) is 0 Å². The Hall–Kier alpha value is -1.91. The Kier molecular flexibility index (Phi) is 3.30. The van der Waals surface area contributed by atoms with Crippen LogP contribution in [0.4, 0.5) is 0 Å². The maximum absolute atomic E-state index is 4.16. The summed E-state index contributed by atoms with van der Waals surface area (Å²) in [5.41, 5.74) is 2.19. The van der Waals surface area contributed by atoms with Crippen LogP contribution in [0.25, 0.3) is 11.0 Å². The third-order valence-corrected chi connectivity index (χ3v) is 3.82. The monoisotopic (exact) mass is 260 g/mol. The average Bonchev–Trinajstić information content (AvgIpc) is 2.63. The fourth-order valence-electron chi connectivity index (χ4n) is 2.70. The Balaban J connectivity index is 2.69. The van der Waals surface area contributed by atoms with Gasteiger partial charge >= 0.3 is 0 Å². The summed E-state index contributed by atoms with van der Waals surface area (Å²) in [6, 6.07) is 8.40. The lowest BCUT2D eigenvalue weighted by atomic mass is 10.0. The number of para-hydroxylation sites is 2. The quantitative estimate of drug-likeness (QED) is 0.473. The molecule has 1 aromatic heterocycles. The van der Waals surface area contributed by atoms with Crippen LogP contribution in [-0.4, -0.2) is 23.7 Å². The summed E-state index contributed by atoms with van der Waals surface area (Å²) >= 11 is 0. The Labute approximate surface area is 114 Å². The highest BCUT2D eigenvalue weighted by molar-refractivity contribution is 5.72. The summed E-state index contributed by atoms with van der Waals surface area (Å²) in [5.74, 6) is 1.18. The maximum Gasteiger partial charge on any atom is 0.284 e. The maximum atomic E-state index is 4.16. The first kappa shape index (κ1) is 13.5. The summed E-state index contributed by atoms with van der Waals surface area (Å²) in [7, 11) is 7.82. The molecule has 0 fully saturated rings. The molecular formula is C14H22N5+. The van der Waals surface area contributed by atoms with Crippen LogP contribution in [0.3, 0.4) is 0 Å². The Morgan fingerprint density at radius 1 is 1.26 bits per heavy atom. The molecule has 0 N–H and O–H groups in total. The molecule has 0 bridgehead atoms. The first-order chi connectivity index (χ1) is 8.91. The summed E-state index contributed by atoms with van der Waals surface area (Å²) in [4.78, 5) is 0. The summed E-state index contributed by atoms with van der Waals surface area (Å²) < 4.78 is 4.44. The number of hydrogen-bond acceptors (Lipinski definition) is 2.